The van der Waals surface area contributed by atoms with Crippen LogP contribution in [0.3, 0.4) is 0 Å². The number of hydrogen-bond acceptors (Lipinski definition) is 6. The first-order valence-electron chi connectivity index (χ1n) is 8.55. The van der Waals surface area contributed by atoms with Gasteiger partial charge in [-0.05, 0) is 24.3 Å². The minimum Gasteiger partial charge on any atom is -0.486 e. The van der Waals surface area contributed by atoms with Gasteiger partial charge in [-0.1, -0.05) is 43.3 Å². The van der Waals surface area contributed by atoms with Crippen molar-refractivity contribution < 1.29 is 4.74 Å². The van der Waals surface area contributed by atoms with Gasteiger partial charge in [-0.2, -0.15) is 0 Å². The van der Waals surface area contributed by atoms with Crippen LogP contribution in [0, 0.1) is 0 Å². The Labute approximate surface area is 172 Å². The van der Waals surface area contributed by atoms with Gasteiger partial charge >= 0.3 is 0 Å². The lowest BCUT2D eigenvalue weighted by Gasteiger charge is -2.09. The topological polar surface area (TPSA) is 52.8 Å². The van der Waals surface area contributed by atoms with E-state index in [-0.39, 0.29) is 0 Å². The Morgan fingerprint density at radius 3 is 2.74 bits per heavy atom. The average Bonchev–Trinajstić information content (AvgIpc) is 3.27. The van der Waals surface area contributed by atoms with E-state index in [1.54, 1.807) is 35.2 Å². The van der Waals surface area contributed by atoms with Crippen molar-refractivity contribution in [2.75, 3.05) is 0 Å². The van der Waals surface area contributed by atoms with E-state index in [0.29, 0.717) is 24.1 Å². The zero-order valence-electron chi connectivity index (χ0n) is 15.3. The Morgan fingerprint density at radius 1 is 1.30 bits per heavy atom. The fourth-order valence-electron chi connectivity index (χ4n) is 2.32. The van der Waals surface area contributed by atoms with Gasteiger partial charge in [0.1, 0.15) is 12.4 Å². The molecule has 0 bridgehead atoms. The molecule has 3 aromatic rings. The quantitative estimate of drug-likeness (QED) is 0.334. The molecule has 0 radical (unpaired) electrons. The van der Waals surface area contributed by atoms with Crippen LogP contribution < -0.4 is 4.74 Å². The number of thioether (sulfide) groups is 1. The van der Waals surface area contributed by atoms with Crippen molar-refractivity contribution in [2.45, 2.75) is 43.8 Å². The number of benzene rings is 1. The van der Waals surface area contributed by atoms with Crippen LogP contribution in [0.25, 0.3) is 0 Å². The lowest BCUT2D eigenvalue weighted by molar-refractivity contribution is 0.289. The lowest BCUT2D eigenvalue weighted by Crippen LogP contribution is -2.07. The van der Waals surface area contributed by atoms with Gasteiger partial charge in [-0.3, -0.25) is 4.57 Å². The second kappa shape index (κ2) is 9.39. The molecule has 0 amide bonds. The normalized spacial score (nSPS) is 11.1. The van der Waals surface area contributed by atoms with Crippen LogP contribution in [0.2, 0.25) is 5.02 Å². The Kier molecular flexibility index (Phi) is 6.93. The van der Waals surface area contributed by atoms with E-state index in [2.05, 4.69) is 41.0 Å². The van der Waals surface area contributed by atoms with Gasteiger partial charge in [0.15, 0.2) is 11.0 Å². The number of aromatic nitrogens is 4. The molecule has 142 valence electrons. The average molecular weight is 421 g/mol. The minimum absolute atomic E-state index is 0.331. The number of nitrogens with zero attached hydrogens (tertiary/aromatic N) is 4. The van der Waals surface area contributed by atoms with Crippen molar-refractivity contribution in [1.82, 2.24) is 19.7 Å². The molecule has 0 aliphatic carbocycles. The second-order valence-electron chi connectivity index (χ2n) is 6.16. The Balaban J connectivity index is 1.66. The molecule has 0 saturated carbocycles. The maximum atomic E-state index is 5.90. The summed E-state index contributed by atoms with van der Waals surface area (Å²) in [4.78, 5) is 4.67. The minimum atomic E-state index is 0.331. The number of halogens is 1. The summed E-state index contributed by atoms with van der Waals surface area (Å²) in [7, 11) is 0. The molecule has 0 N–H and O–H groups in total. The van der Waals surface area contributed by atoms with E-state index in [1.807, 2.05) is 22.8 Å². The molecule has 0 atom stereocenters. The van der Waals surface area contributed by atoms with Crippen LogP contribution in [0.4, 0.5) is 0 Å². The predicted molar refractivity (Wildman–Crippen MR) is 112 cm³/mol. The second-order valence-corrected chi connectivity index (χ2v) is 8.43. The van der Waals surface area contributed by atoms with Crippen LogP contribution >= 0.6 is 34.7 Å². The monoisotopic (exact) mass is 420 g/mol. The van der Waals surface area contributed by atoms with E-state index in [0.717, 1.165) is 33.2 Å². The largest absolute Gasteiger partial charge is 0.486 e. The highest BCUT2D eigenvalue weighted by Gasteiger charge is 2.14. The van der Waals surface area contributed by atoms with Crippen molar-refractivity contribution in [3.8, 4) is 5.75 Å². The van der Waals surface area contributed by atoms with Gasteiger partial charge in [-0.15, -0.1) is 28.1 Å². The summed E-state index contributed by atoms with van der Waals surface area (Å²) in [5.41, 5.74) is 1.07. The molecule has 1 aromatic carbocycles. The summed E-state index contributed by atoms with van der Waals surface area (Å²) < 4.78 is 7.82. The fraction of sp³-hybridized carbons (Fsp3) is 0.316. The number of rotatable bonds is 9. The van der Waals surface area contributed by atoms with Crippen molar-refractivity contribution in [3.63, 3.8) is 0 Å². The molecule has 0 spiro atoms. The molecule has 5 nitrogen and oxygen atoms in total. The lowest BCUT2D eigenvalue weighted by atomic mass is 10.2. The number of thiazole rings is 1. The summed E-state index contributed by atoms with van der Waals surface area (Å²) >= 11 is 9.23. The van der Waals surface area contributed by atoms with Crippen LogP contribution in [-0.4, -0.2) is 19.7 Å². The van der Waals surface area contributed by atoms with E-state index in [9.17, 15) is 0 Å². The highest BCUT2D eigenvalue weighted by molar-refractivity contribution is 7.98. The van der Waals surface area contributed by atoms with Crippen LogP contribution in [0.15, 0.2) is 47.5 Å². The van der Waals surface area contributed by atoms with E-state index >= 15 is 0 Å². The first-order chi connectivity index (χ1) is 13.1. The molecule has 27 heavy (non-hydrogen) atoms. The summed E-state index contributed by atoms with van der Waals surface area (Å²) in [6.07, 6.45) is 1.83. The zero-order chi connectivity index (χ0) is 19.2. The highest BCUT2D eigenvalue weighted by Crippen LogP contribution is 2.26. The molecule has 0 saturated heterocycles. The molecule has 0 aliphatic heterocycles. The van der Waals surface area contributed by atoms with Crippen LogP contribution in [0.5, 0.6) is 5.75 Å². The van der Waals surface area contributed by atoms with E-state index < -0.39 is 0 Å². The SMILES string of the molecule is C=CCn1c(COc2ccc(Cl)cc2)nnc1SCc1csc(C(C)C)n1. The molecule has 0 fully saturated rings. The smallest absolute Gasteiger partial charge is 0.191 e. The summed E-state index contributed by atoms with van der Waals surface area (Å²) in [6.45, 7) is 9.11. The number of hydrogen-bond donors (Lipinski definition) is 0. The number of ether oxygens (including phenoxy) is 1. The predicted octanol–water partition coefficient (Wildman–Crippen LogP) is 5.57. The highest BCUT2D eigenvalue weighted by atomic mass is 35.5. The molecular weight excluding hydrogens is 400 g/mol. The zero-order valence-corrected chi connectivity index (χ0v) is 17.7. The molecular formula is C19H21ClN4OS2. The molecule has 3 rings (SSSR count). The van der Waals surface area contributed by atoms with Crippen molar-refractivity contribution in [2.24, 2.45) is 0 Å². The summed E-state index contributed by atoms with van der Waals surface area (Å²) in [5.74, 6) is 2.71. The van der Waals surface area contributed by atoms with E-state index in [1.165, 1.54) is 0 Å². The maximum Gasteiger partial charge on any atom is 0.191 e. The molecule has 0 unspecified atom stereocenters. The Hall–Kier alpha value is -1.83. The van der Waals surface area contributed by atoms with Gasteiger partial charge in [0.05, 0.1) is 10.7 Å². The van der Waals surface area contributed by atoms with Gasteiger partial charge < -0.3 is 4.74 Å². The van der Waals surface area contributed by atoms with Gasteiger partial charge in [0.25, 0.3) is 0 Å². The first-order valence-corrected chi connectivity index (χ1v) is 10.8. The third-order valence-electron chi connectivity index (χ3n) is 3.70. The maximum absolute atomic E-state index is 5.90. The molecule has 2 aromatic heterocycles. The fourth-order valence-corrected chi connectivity index (χ4v) is 4.24. The van der Waals surface area contributed by atoms with Crippen molar-refractivity contribution in [3.05, 3.63) is 63.8 Å². The molecule has 8 heteroatoms. The van der Waals surface area contributed by atoms with Crippen molar-refractivity contribution >= 4 is 34.7 Å². The number of allylic oxidation sites excluding steroid dienone is 1. The van der Waals surface area contributed by atoms with Crippen molar-refractivity contribution in [1.29, 1.82) is 0 Å². The third-order valence-corrected chi connectivity index (χ3v) is 6.15. The third kappa shape index (κ3) is 5.34. The standard InChI is InChI=1S/C19H21ClN4OS2/c1-4-9-24-17(10-25-16-7-5-14(20)6-8-16)22-23-19(24)27-12-15-11-26-18(21-15)13(2)3/h4-8,11,13H,1,9-10,12H2,2-3H3. The van der Waals surface area contributed by atoms with Gasteiger partial charge in [0.2, 0.25) is 0 Å². The first kappa shape index (κ1) is 19.9. The molecule has 2 heterocycles. The van der Waals surface area contributed by atoms with Gasteiger partial charge in [-0.25, -0.2) is 4.98 Å². The summed E-state index contributed by atoms with van der Waals surface area (Å²) in [6, 6.07) is 7.26. The van der Waals surface area contributed by atoms with E-state index in [4.69, 9.17) is 16.3 Å². The van der Waals surface area contributed by atoms with Gasteiger partial charge in [0, 0.05) is 28.6 Å². The Morgan fingerprint density at radius 2 is 2.07 bits per heavy atom. The molecule has 0 aliphatic rings. The van der Waals surface area contributed by atoms with Crippen LogP contribution in [-0.2, 0) is 18.9 Å². The summed E-state index contributed by atoms with van der Waals surface area (Å²) in [5, 5.41) is 13.4. The Bertz CT molecular complexity index is 890. The van der Waals surface area contributed by atoms with Crippen LogP contribution in [0.1, 0.15) is 36.3 Å².